The van der Waals surface area contributed by atoms with Crippen LogP contribution in [0.2, 0.25) is 0 Å². The molecule has 1 heterocycles. The fourth-order valence-electron chi connectivity index (χ4n) is 2.46. The van der Waals surface area contributed by atoms with Crippen LogP contribution in [0.15, 0.2) is 57.8 Å². The third kappa shape index (κ3) is 1.24. The molecule has 0 fully saturated rings. The van der Waals surface area contributed by atoms with Gasteiger partial charge in [-0.3, -0.25) is 0 Å². The summed E-state index contributed by atoms with van der Waals surface area (Å²) in [6.07, 6.45) is 13.0. The third-order valence-corrected chi connectivity index (χ3v) is 4.48. The van der Waals surface area contributed by atoms with Crippen LogP contribution in [-0.2, 0) is 0 Å². The van der Waals surface area contributed by atoms with Crippen LogP contribution in [0.4, 0.5) is 0 Å². The first-order valence-electron chi connectivity index (χ1n) is 5.24. The van der Waals surface area contributed by atoms with E-state index in [4.69, 9.17) is 0 Å². The summed E-state index contributed by atoms with van der Waals surface area (Å²) >= 11 is 1.60. The van der Waals surface area contributed by atoms with Crippen molar-refractivity contribution in [2.45, 2.75) is 6.42 Å². The average molecular weight is 230 g/mol. The standard InChI is InChI=1S/C12H11BO2S/c14-13(15)10-5-3-7-12-6-2-1-4-9(12)8-16-11(10)12/h1-6,8,14-15H,7H2. The molecular weight excluding hydrogens is 219 g/mol. The molecule has 80 valence electrons. The molecule has 1 atom stereocenters. The van der Waals surface area contributed by atoms with Gasteiger partial charge in [-0.25, -0.2) is 0 Å². The molecule has 1 spiro atoms. The Hall–Kier alpha value is -0.965. The Labute approximate surface area is 98.9 Å². The lowest BCUT2D eigenvalue weighted by atomic mass is 9.65. The summed E-state index contributed by atoms with van der Waals surface area (Å²) in [6.45, 7) is 0. The SMILES string of the molecule is OB(O)C1=C2SC=C3C=CC=CC32CC=C1. The van der Waals surface area contributed by atoms with Crippen LogP contribution in [0.1, 0.15) is 6.42 Å². The van der Waals surface area contributed by atoms with Gasteiger partial charge in [0.05, 0.1) is 0 Å². The number of hydrogen-bond acceptors (Lipinski definition) is 3. The molecule has 1 unspecified atom stereocenters. The first-order valence-corrected chi connectivity index (χ1v) is 6.12. The molecule has 0 aromatic rings. The van der Waals surface area contributed by atoms with Crippen LogP contribution in [0.3, 0.4) is 0 Å². The predicted octanol–water partition coefficient (Wildman–Crippen LogP) is 1.96. The zero-order valence-corrected chi connectivity index (χ0v) is 9.45. The molecule has 4 heteroatoms. The number of rotatable bonds is 1. The Morgan fingerprint density at radius 2 is 2.12 bits per heavy atom. The van der Waals surface area contributed by atoms with Gasteiger partial charge in [0.1, 0.15) is 0 Å². The monoisotopic (exact) mass is 230 g/mol. The molecule has 0 amide bonds. The highest BCUT2D eigenvalue weighted by atomic mass is 32.2. The predicted molar refractivity (Wildman–Crippen MR) is 67.4 cm³/mol. The highest BCUT2D eigenvalue weighted by molar-refractivity contribution is 8.06. The van der Waals surface area contributed by atoms with E-state index in [9.17, 15) is 10.0 Å². The van der Waals surface area contributed by atoms with E-state index in [0.717, 1.165) is 11.3 Å². The van der Waals surface area contributed by atoms with Crippen LogP contribution in [-0.4, -0.2) is 17.2 Å². The molecule has 0 aromatic carbocycles. The lowest BCUT2D eigenvalue weighted by Gasteiger charge is -2.33. The quantitative estimate of drug-likeness (QED) is 0.676. The second kappa shape index (κ2) is 3.52. The first-order chi connectivity index (χ1) is 7.74. The fourth-order valence-corrected chi connectivity index (χ4v) is 3.78. The molecule has 3 aliphatic rings. The minimum absolute atomic E-state index is 0.132. The summed E-state index contributed by atoms with van der Waals surface area (Å²) in [4.78, 5) is 1.06. The molecule has 0 bridgehead atoms. The molecule has 1 aliphatic heterocycles. The van der Waals surface area contributed by atoms with Crippen molar-refractivity contribution < 1.29 is 10.0 Å². The summed E-state index contributed by atoms with van der Waals surface area (Å²) in [5.41, 5.74) is 1.74. The van der Waals surface area contributed by atoms with Gasteiger partial charge in [-0.15, -0.1) is 11.8 Å². The van der Waals surface area contributed by atoms with E-state index in [0.29, 0.717) is 5.47 Å². The van der Waals surface area contributed by atoms with Crippen molar-refractivity contribution in [3.63, 3.8) is 0 Å². The average Bonchev–Trinajstić information content (AvgIpc) is 2.67. The van der Waals surface area contributed by atoms with Gasteiger partial charge in [0.25, 0.3) is 0 Å². The van der Waals surface area contributed by atoms with Gasteiger partial charge >= 0.3 is 7.12 Å². The van der Waals surface area contributed by atoms with Gasteiger partial charge in [0.15, 0.2) is 0 Å². The largest absolute Gasteiger partial charge is 0.489 e. The summed E-state index contributed by atoms with van der Waals surface area (Å²) in [5, 5.41) is 20.9. The lowest BCUT2D eigenvalue weighted by molar-refractivity contribution is 0.418. The molecule has 2 aliphatic carbocycles. The van der Waals surface area contributed by atoms with Gasteiger partial charge in [0.2, 0.25) is 0 Å². The van der Waals surface area contributed by atoms with Crippen molar-refractivity contribution in [1.82, 2.24) is 0 Å². The van der Waals surface area contributed by atoms with Crippen molar-refractivity contribution in [2.75, 3.05) is 0 Å². The molecule has 0 radical (unpaired) electrons. The molecule has 2 N–H and O–H groups in total. The topological polar surface area (TPSA) is 40.5 Å². The summed E-state index contributed by atoms with van der Waals surface area (Å²) in [6, 6.07) is 0. The van der Waals surface area contributed by atoms with E-state index in [1.165, 1.54) is 5.57 Å². The molecule has 3 rings (SSSR count). The molecule has 2 nitrogen and oxygen atoms in total. The van der Waals surface area contributed by atoms with E-state index in [1.54, 1.807) is 11.8 Å². The Bertz CT molecular complexity index is 485. The van der Waals surface area contributed by atoms with Crippen molar-refractivity contribution in [1.29, 1.82) is 0 Å². The second-order valence-corrected chi connectivity index (χ2v) is 5.02. The van der Waals surface area contributed by atoms with Crippen LogP contribution >= 0.6 is 11.8 Å². The van der Waals surface area contributed by atoms with Crippen LogP contribution in [0.5, 0.6) is 0 Å². The number of allylic oxidation sites excluding steroid dienone is 9. The maximum atomic E-state index is 9.38. The van der Waals surface area contributed by atoms with Crippen molar-refractivity contribution in [3.05, 3.63) is 57.8 Å². The van der Waals surface area contributed by atoms with Gasteiger partial charge < -0.3 is 10.0 Å². The molecule has 16 heavy (non-hydrogen) atoms. The minimum Gasteiger partial charge on any atom is -0.423 e. The highest BCUT2D eigenvalue weighted by Crippen LogP contribution is 2.57. The maximum absolute atomic E-state index is 9.38. The maximum Gasteiger partial charge on any atom is 0.489 e. The van der Waals surface area contributed by atoms with Crippen molar-refractivity contribution in [2.24, 2.45) is 5.41 Å². The molecular formula is C12H11BO2S. The smallest absolute Gasteiger partial charge is 0.423 e. The first kappa shape index (κ1) is 10.2. The molecule has 0 saturated carbocycles. The third-order valence-electron chi connectivity index (χ3n) is 3.27. The van der Waals surface area contributed by atoms with E-state index < -0.39 is 7.12 Å². The van der Waals surface area contributed by atoms with Gasteiger partial charge in [0, 0.05) is 10.3 Å². The molecule has 0 aromatic heterocycles. The van der Waals surface area contributed by atoms with Gasteiger partial charge in [-0.2, -0.15) is 0 Å². The molecule has 0 saturated heterocycles. The normalized spacial score (nSPS) is 30.2. The van der Waals surface area contributed by atoms with E-state index >= 15 is 0 Å². The fraction of sp³-hybridized carbons (Fsp3) is 0.167. The van der Waals surface area contributed by atoms with Crippen molar-refractivity contribution >= 4 is 18.9 Å². The zero-order valence-electron chi connectivity index (χ0n) is 8.63. The summed E-state index contributed by atoms with van der Waals surface area (Å²) in [5.74, 6) is 0. The zero-order chi connectivity index (χ0) is 11.2. The summed E-state index contributed by atoms with van der Waals surface area (Å²) < 4.78 is 0. The number of thioether (sulfide) groups is 1. The van der Waals surface area contributed by atoms with Crippen molar-refractivity contribution in [3.8, 4) is 0 Å². The van der Waals surface area contributed by atoms with Gasteiger partial charge in [-0.05, 0) is 22.9 Å². The number of hydrogen-bond donors (Lipinski definition) is 2. The van der Waals surface area contributed by atoms with E-state index in [1.807, 2.05) is 24.3 Å². The Kier molecular flexibility index (Phi) is 2.24. The second-order valence-electron chi connectivity index (χ2n) is 4.15. The van der Waals surface area contributed by atoms with Crippen LogP contribution in [0, 0.1) is 5.41 Å². The highest BCUT2D eigenvalue weighted by Gasteiger charge is 2.43. The Balaban J connectivity index is 2.16. The summed E-state index contributed by atoms with van der Waals surface area (Å²) in [7, 11) is -1.39. The van der Waals surface area contributed by atoms with Crippen LogP contribution < -0.4 is 0 Å². The lowest BCUT2D eigenvalue weighted by Crippen LogP contribution is -2.27. The van der Waals surface area contributed by atoms with Gasteiger partial charge in [-0.1, -0.05) is 36.5 Å². The Morgan fingerprint density at radius 3 is 2.94 bits per heavy atom. The van der Waals surface area contributed by atoms with E-state index in [-0.39, 0.29) is 5.41 Å². The van der Waals surface area contributed by atoms with Crippen LogP contribution in [0.25, 0.3) is 0 Å². The van der Waals surface area contributed by atoms with E-state index in [2.05, 4.69) is 17.6 Å². The minimum atomic E-state index is -1.39. The Morgan fingerprint density at radius 1 is 1.25 bits per heavy atom.